The number of aromatic nitrogens is 1. The first-order valence-corrected chi connectivity index (χ1v) is 12.4. The maximum atomic E-state index is 14.4. The van der Waals surface area contributed by atoms with Crippen LogP contribution in [0.4, 0.5) is 5.13 Å². The molecule has 5 rings (SSSR count). The van der Waals surface area contributed by atoms with Crippen molar-refractivity contribution in [1.82, 2.24) is 9.88 Å². The van der Waals surface area contributed by atoms with E-state index in [1.54, 1.807) is 11.3 Å². The zero-order chi connectivity index (χ0) is 23.8. The van der Waals surface area contributed by atoms with Crippen LogP contribution in [0.2, 0.25) is 0 Å². The summed E-state index contributed by atoms with van der Waals surface area (Å²) in [5.41, 5.74) is 5.10. The number of carbonyl (C=O) groups excluding carboxylic acids is 1. The Balaban J connectivity index is 1.61. The summed E-state index contributed by atoms with van der Waals surface area (Å²) in [6.45, 7) is 5.69. The normalized spacial score (nSPS) is 13.0. The lowest BCUT2D eigenvalue weighted by Gasteiger charge is -2.31. The van der Waals surface area contributed by atoms with E-state index in [9.17, 15) is 4.79 Å². The number of amides is 1. The molecular formula is C28H29N3O2S. The van der Waals surface area contributed by atoms with Gasteiger partial charge in [0.15, 0.2) is 5.13 Å². The number of anilines is 1. The number of aryl methyl sites for hydroxylation is 2. The number of rotatable bonds is 6. The molecule has 0 N–H and O–H groups in total. The Morgan fingerprint density at radius 3 is 2.15 bits per heavy atom. The zero-order valence-corrected chi connectivity index (χ0v) is 20.9. The van der Waals surface area contributed by atoms with E-state index < -0.39 is 5.92 Å². The van der Waals surface area contributed by atoms with Crippen molar-refractivity contribution < 1.29 is 9.53 Å². The summed E-state index contributed by atoms with van der Waals surface area (Å²) in [4.78, 5) is 23.4. The van der Waals surface area contributed by atoms with Gasteiger partial charge in [0.05, 0.1) is 16.1 Å². The van der Waals surface area contributed by atoms with Crippen LogP contribution < -0.4 is 9.64 Å². The number of hydrogen-bond acceptors (Lipinski definition) is 5. The van der Waals surface area contributed by atoms with Gasteiger partial charge in [-0.05, 0) is 64.2 Å². The van der Waals surface area contributed by atoms with Crippen molar-refractivity contribution in [3.8, 4) is 11.5 Å². The Morgan fingerprint density at radius 2 is 1.53 bits per heavy atom. The predicted octanol–water partition coefficient (Wildman–Crippen LogP) is 6.14. The third-order valence-corrected chi connectivity index (χ3v) is 7.56. The van der Waals surface area contributed by atoms with Crippen LogP contribution in [-0.2, 0) is 4.79 Å². The second kappa shape index (κ2) is 9.20. The molecule has 4 aromatic rings. The van der Waals surface area contributed by atoms with Gasteiger partial charge in [0.1, 0.15) is 11.5 Å². The topological polar surface area (TPSA) is 45.7 Å². The minimum absolute atomic E-state index is 0.0383. The third kappa shape index (κ3) is 4.08. The molecule has 1 amide bonds. The van der Waals surface area contributed by atoms with E-state index in [4.69, 9.17) is 9.72 Å². The van der Waals surface area contributed by atoms with E-state index in [0.29, 0.717) is 6.54 Å². The van der Waals surface area contributed by atoms with Gasteiger partial charge < -0.3 is 9.64 Å². The highest BCUT2D eigenvalue weighted by molar-refractivity contribution is 7.22. The fourth-order valence-corrected chi connectivity index (χ4v) is 5.68. The number of nitrogens with zero attached hydrogens (tertiary/aromatic N) is 3. The average molecular weight is 472 g/mol. The molecule has 174 valence electrons. The smallest absolute Gasteiger partial charge is 0.241 e. The molecule has 1 aromatic heterocycles. The Kier molecular flexibility index (Phi) is 6.11. The summed E-state index contributed by atoms with van der Waals surface area (Å²) in [7, 11) is 4.11. The van der Waals surface area contributed by atoms with Gasteiger partial charge in [0.25, 0.3) is 0 Å². The van der Waals surface area contributed by atoms with Crippen molar-refractivity contribution in [3.63, 3.8) is 0 Å². The van der Waals surface area contributed by atoms with Crippen LogP contribution in [-0.4, -0.2) is 43.0 Å². The molecule has 0 saturated heterocycles. The highest BCUT2D eigenvalue weighted by Gasteiger charge is 2.36. The fraction of sp³-hybridized carbons (Fsp3) is 0.286. The number of hydrogen-bond donors (Lipinski definition) is 0. The summed E-state index contributed by atoms with van der Waals surface area (Å²) in [5.74, 6) is 1.08. The zero-order valence-electron chi connectivity index (χ0n) is 20.0. The Labute approximate surface area is 204 Å². The van der Waals surface area contributed by atoms with Crippen molar-refractivity contribution >= 4 is 32.6 Å². The van der Waals surface area contributed by atoms with E-state index in [2.05, 4.69) is 45.0 Å². The molecule has 5 nitrogen and oxygen atoms in total. The maximum Gasteiger partial charge on any atom is 0.241 e. The molecule has 6 heteroatoms. The molecule has 2 heterocycles. The van der Waals surface area contributed by atoms with Gasteiger partial charge in [-0.1, -0.05) is 59.9 Å². The van der Waals surface area contributed by atoms with E-state index in [1.807, 2.05) is 53.4 Å². The summed E-state index contributed by atoms with van der Waals surface area (Å²) in [6, 6.07) is 19.9. The lowest BCUT2D eigenvalue weighted by molar-refractivity contribution is -0.119. The lowest BCUT2D eigenvalue weighted by Crippen LogP contribution is -2.38. The molecule has 1 aliphatic rings. The van der Waals surface area contributed by atoms with Crippen LogP contribution in [0.3, 0.4) is 0 Å². The Bertz CT molecular complexity index is 1280. The van der Waals surface area contributed by atoms with Gasteiger partial charge in [-0.25, -0.2) is 4.98 Å². The second-order valence-corrected chi connectivity index (χ2v) is 10.1. The summed E-state index contributed by atoms with van der Waals surface area (Å²) in [6.07, 6.45) is 0.860. The van der Waals surface area contributed by atoms with Crippen LogP contribution in [0.5, 0.6) is 11.5 Å². The lowest BCUT2D eigenvalue weighted by atomic mass is 9.87. The minimum Gasteiger partial charge on any atom is -0.457 e. The van der Waals surface area contributed by atoms with Crippen LogP contribution in [0.1, 0.15) is 34.6 Å². The average Bonchev–Trinajstić information content (AvgIpc) is 3.28. The molecular weight excluding hydrogens is 442 g/mol. The van der Waals surface area contributed by atoms with Gasteiger partial charge >= 0.3 is 0 Å². The van der Waals surface area contributed by atoms with Crippen LogP contribution in [0, 0.1) is 13.8 Å². The quantitative estimate of drug-likeness (QED) is 0.339. The Morgan fingerprint density at radius 1 is 0.912 bits per heavy atom. The van der Waals surface area contributed by atoms with Crippen LogP contribution in [0.15, 0.2) is 60.7 Å². The molecule has 0 bridgehead atoms. The standard InChI is InChI=1S/C28H29N3O2S/c1-18-14-15-19(2)26-25(18)29-28(34-26)31(17-9-16-30(3)4)27(32)24-20-10-5-7-12-22(20)33-23-13-8-6-11-21(23)24/h5-8,10-15,24H,9,16-17H2,1-4H3. The first kappa shape index (κ1) is 22.6. The molecule has 0 saturated carbocycles. The molecule has 0 fully saturated rings. The number of thiazole rings is 1. The second-order valence-electron chi connectivity index (χ2n) is 9.13. The first-order valence-electron chi connectivity index (χ1n) is 11.6. The molecule has 0 aliphatic carbocycles. The Hall–Kier alpha value is -3.22. The van der Waals surface area contributed by atoms with E-state index >= 15 is 0 Å². The molecule has 1 aliphatic heterocycles. The molecule has 0 unspecified atom stereocenters. The van der Waals surface area contributed by atoms with Gasteiger partial charge in [-0.2, -0.15) is 0 Å². The number of benzene rings is 3. The highest BCUT2D eigenvalue weighted by atomic mass is 32.1. The first-order chi connectivity index (χ1) is 16.4. The fourth-order valence-electron chi connectivity index (χ4n) is 4.54. The maximum absolute atomic E-state index is 14.4. The van der Waals surface area contributed by atoms with E-state index in [-0.39, 0.29) is 5.91 Å². The molecule has 34 heavy (non-hydrogen) atoms. The third-order valence-electron chi connectivity index (χ3n) is 6.34. The number of carbonyl (C=O) groups is 1. The number of fused-ring (bicyclic) bond motifs is 3. The monoisotopic (exact) mass is 471 g/mol. The highest BCUT2D eigenvalue weighted by Crippen LogP contribution is 2.45. The molecule has 0 radical (unpaired) electrons. The minimum atomic E-state index is -0.435. The number of para-hydroxylation sites is 2. The van der Waals surface area contributed by atoms with Gasteiger partial charge in [-0.15, -0.1) is 0 Å². The largest absolute Gasteiger partial charge is 0.457 e. The summed E-state index contributed by atoms with van der Waals surface area (Å²) < 4.78 is 7.29. The van der Waals surface area contributed by atoms with Gasteiger partial charge in [-0.3, -0.25) is 9.69 Å². The van der Waals surface area contributed by atoms with Gasteiger partial charge in [0, 0.05) is 17.7 Å². The van der Waals surface area contributed by atoms with Crippen molar-refractivity contribution in [1.29, 1.82) is 0 Å². The molecule has 0 spiro atoms. The van der Waals surface area contributed by atoms with E-state index in [1.165, 1.54) is 5.56 Å². The summed E-state index contributed by atoms with van der Waals surface area (Å²) in [5, 5.41) is 0.762. The van der Waals surface area contributed by atoms with E-state index in [0.717, 1.165) is 56.5 Å². The SMILES string of the molecule is Cc1ccc(C)c2sc(N(CCCN(C)C)C(=O)C3c4ccccc4Oc4ccccc43)nc12. The van der Waals surface area contributed by atoms with Gasteiger partial charge in [0.2, 0.25) is 5.91 Å². The van der Waals surface area contributed by atoms with Crippen molar-refractivity contribution in [2.75, 3.05) is 32.1 Å². The summed E-state index contributed by atoms with van der Waals surface area (Å²) >= 11 is 1.61. The predicted molar refractivity (Wildman–Crippen MR) is 139 cm³/mol. The molecule has 3 aromatic carbocycles. The van der Waals surface area contributed by atoms with Crippen molar-refractivity contribution in [3.05, 3.63) is 82.9 Å². The van der Waals surface area contributed by atoms with Crippen molar-refractivity contribution in [2.24, 2.45) is 0 Å². The number of ether oxygens (including phenoxy) is 1. The van der Waals surface area contributed by atoms with Crippen LogP contribution >= 0.6 is 11.3 Å². The van der Waals surface area contributed by atoms with Crippen LogP contribution in [0.25, 0.3) is 10.2 Å². The molecule has 0 atom stereocenters. The van der Waals surface area contributed by atoms with Crippen molar-refractivity contribution in [2.45, 2.75) is 26.2 Å².